The first-order chi connectivity index (χ1) is 6.24. The van der Waals surface area contributed by atoms with Gasteiger partial charge in [-0.05, 0) is 36.5 Å². The lowest BCUT2D eigenvalue weighted by Gasteiger charge is -2.27. The molecule has 0 heteroatoms. The van der Waals surface area contributed by atoms with Crippen molar-refractivity contribution >= 4 is 0 Å². The van der Waals surface area contributed by atoms with Gasteiger partial charge in [-0.1, -0.05) is 47.0 Å². The molecule has 1 rings (SSSR count). The first-order valence-corrected chi connectivity index (χ1v) is 6.24. The topological polar surface area (TPSA) is 0 Å². The molecule has 4 unspecified atom stereocenters. The van der Waals surface area contributed by atoms with E-state index >= 15 is 0 Å². The van der Waals surface area contributed by atoms with E-state index in [9.17, 15) is 0 Å². The minimum Gasteiger partial charge on any atom is -0.0651 e. The van der Waals surface area contributed by atoms with Gasteiger partial charge in [0.25, 0.3) is 0 Å². The van der Waals surface area contributed by atoms with Gasteiger partial charge in [0.2, 0.25) is 0 Å². The van der Waals surface area contributed by atoms with Crippen LogP contribution < -0.4 is 0 Å². The highest BCUT2D eigenvalue weighted by atomic mass is 14.4. The van der Waals surface area contributed by atoms with Gasteiger partial charge in [0.05, 0.1) is 0 Å². The molecule has 0 aliphatic heterocycles. The molecular weight excluding hydrogens is 156 g/mol. The minimum absolute atomic E-state index is 0.960. The lowest BCUT2D eigenvalue weighted by Crippen LogP contribution is -2.19. The summed E-state index contributed by atoms with van der Waals surface area (Å²) in [5, 5.41) is 0. The quantitative estimate of drug-likeness (QED) is 0.600. The molecule has 1 aliphatic rings. The smallest absolute Gasteiger partial charge is 0.0358 e. The summed E-state index contributed by atoms with van der Waals surface area (Å²) in [7, 11) is 0. The van der Waals surface area contributed by atoms with Crippen molar-refractivity contribution in [2.75, 3.05) is 0 Å². The second kappa shape index (κ2) is 5.02. The van der Waals surface area contributed by atoms with Crippen LogP contribution >= 0.6 is 0 Å². The molecule has 1 saturated carbocycles. The lowest BCUT2D eigenvalue weighted by molar-refractivity contribution is 0.225. The zero-order valence-corrected chi connectivity index (χ0v) is 9.84. The Bertz CT molecular complexity index is 139. The zero-order valence-electron chi connectivity index (χ0n) is 9.84. The molecule has 0 aromatic rings. The summed E-state index contributed by atoms with van der Waals surface area (Å²) in [5.41, 5.74) is 0. The highest BCUT2D eigenvalue weighted by Crippen LogP contribution is 2.45. The fraction of sp³-hybridized carbons (Fsp3) is 1.00. The van der Waals surface area contributed by atoms with Crippen LogP contribution in [0, 0.1) is 23.7 Å². The fourth-order valence-electron chi connectivity index (χ4n) is 3.34. The van der Waals surface area contributed by atoms with Crippen molar-refractivity contribution in [2.45, 2.75) is 59.8 Å². The Labute approximate surface area is 84.1 Å². The summed E-state index contributed by atoms with van der Waals surface area (Å²) in [5.74, 6) is 4.09. The molecule has 13 heavy (non-hydrogen) atoms. The van der Waals surface area contributed by atoms with Crippen molar-refractivity contribution in [3.8, 4) is 0 Å². The summed E-state index contributed by atoms with van der Waals surface area (Å²) in [6, 6.07) is 0. The first kappa shape index (κ1) is 11.1. The van der Waals surface area contributed by atoms with Crippen molar-refractivity contribution < 1.29 is 0 Å². The number of hydrogen-bond acceptors (Lipinski definition) is 0. The maximum atomic E-state index is 2.45. The second-order valence-electron chi connectivity index (χ2n) is 4.87. The van der Waals surface area contributed by atoms with Gasteiger partial charge >= 0.3 is 0 Å². The van der Waals surface area contributed by atoms with Gasteiger partial charge in [-0.2, -0.15) is 0 Å². The van der Waals surface area contributed by atoms with Gasteiger partial charge in [0, 0.05) is 0 Å². The van der Waals surface area contributed by atoms with Crippen molar-refractivity contribution in [2.24, 2.45) is 23.7 Å². The first-order valence-electron chi connectivity index (χ1n) is 6.24. The van der Waals surface area contributed by atoms with Crippen molar-refractivity contribution in [1.82, 2.24) is 0 Å². The minimum atomic E-state index is 0.960. The average Bonchev–Trinajstić information content (AvgIpc) is 2.58. The van der Waals surface area contributed by atoms with E-state index in [4.69, 9.17) is 0 Å². The molecule has 0 bridgehead atoms. The standard InChI is InChI=1S/C13H26/c1-5-10(4)13-9-8-11(6-2)12(13)7-3/h10-13H,5-9H2,1-4H3. The largest absolute Gasteiger partial charge is 0.0651 e. The molecule has 0 saturated heterocycles. The molecule has 0 nitrogen and oxygen atoms in total. The average molecular weight is 182 g/mol. The molecule has 78 valence electrons. The van der Waals surface area contributed by atoms with E-state index in [-0.39, 0.29) is 0 Å². The van der Waals surface area contributed by atoms with E-state index in [1.165, 1.54) is 32.1 Å². The zero-order chi connectivity index (χ0) is 9.84. The Kier molecular flexibility index (Phi) is 4.28. The monoisotopic (exact) mass is 182 g/mol. The van der Waals surface area contributed by atoms with Crippen molar-refractivity contribution in [1.29, 1.82) is 0 Å². The van der Waals surface area contributed by atoms with Gasteiger partial charge in [-0.25, -0.2) is 0 Å². The lowest BCUT2D eigenvalue weighted by atomic mass is 9.79. The van der Waals surface area contributed by atoms with E-state index in [1.807, 2.05) is 0 Å². The van der Waals surface area contributed by atoms with Crippen LogP contribution in [0.15, 0.2) is 0 Å². The third kappa shape index (κ3) is 2.27. The number of rotatable bonds is 4. The van der Waals surface area contributed by atoms with Crippen LogP contribution in [0.4, 0.5) is 0 Å². The Balaban J connectivity index is 2.56. The van der Waals surface area contributed by atoms with Crippen LogP contribution in [0.25, 0.3) is 0 Å². The molecule has 0 aromatic heterocycles. The number of hydrogen-bond donors (Lipinski definition) is 0. The molecule has 0 aromatic carbocycles. The maximum Gasteiger partial charge on any atom is -0.0358 e. The van der Waals surface area contributed by atoms with Gasteiger partial charge in [0.15, 0.2) is 0 Å². The highest BCUT2D eigenvalue weighted by Gasteiger charge is 2.35. The second-order valence-corrected chi connectivity index (χ2v) is 4.87. The van der Waals surface area contributed by atoms with Crippen LogP contribution in [0.5, 0.6) is 0 Å². The molecule has 1 fully saturated rings. The summed E-state index contributed by atoms with van der Waals surface area (Å²) in [4.78, 5) is 0. The third-order valence-corrected chi connectivity index (χ3v) is 4.40. The molecule has 0 radical (unpaired) electrons. The normalized spacial score (nSPS) is 36.5. The molecule has 1 aliphatic carbocycles. The molecular formula is C13H26. The third-order valence-electron chi connectivity index (χ3n) is 4.40. The summed E-state index contributed by atoms with van der Waals surface area (Å²) >= 11 is 0. The van der Waals surface area contributed by atoms with E-state index in [0.29, 0.717) is 0 Å². The maximum absolute atomic E-state index is 2.45. The molecule has 0 spiro atoms. The summed E-state index contributed by atoms with van der Waals surface area (Å²) < 4.78 is 0. The Morgan fingerprint density at radius 3 is 2.23 bits per heavy atom. The van der Waals surface area contributed by atoms with Gasteiger partial charge in [-0.3, -0.25) is 0 Å². The Morgan fingerprint density at radius 1 is 1.08 bits per heavy atom. The van der Waals surface area contributed by atoms with E-state index in [0.717, 1.165) is 23.7 Å². The predicted octanol–water partition coefficient (Wildman–Crippen LogP) is 4.49. The van der Waals surface area contributed by atoms with Crippen LogP contribution in [0.3, 0.4) is 0 Å². The molecule has 0 N–H and O–H groups in total. The Morgan fingerprint density at radius 2 is 1.77 bits per heavy atom. The highest BCUT2D eigenvalue weighted by molar-refractivity contribution is 4.85. The summed E-state index contributed by atoms with van der Waals surface area (Å²) in [6.07, 6.45) is 7.20. The molecule has 0 amide bonds. The predicted molar refractivity (Wildman–Crippen MR) is 59.7 cm³/mol. The van der Waals surface area contributed by atoms with Crippen LogP contribution in [-0.2, 0) is 0 Å². The van der Waals surface area contributed by atoms with Crippen molar-refractivity contribution in [3.05, 3.63) is 0 Å². The van der Waals surface area contributed by atoms with Crippen LogP contribution in [-0.4, -0.2) is 0 Å². The van der Waals surface area contributed by atoms with E-state index in [1.54, 1.807) is 0 Å². The van der Waals surface area contributed by atoms with Gasteiger partial charge < -0.3 is 0 Å². The molecule has 0 heterocycles. The summed E-state index contributed by atoms with van der Waals surface area (Å²) in [6.45, 7) is 9.54. The SMILES string of the molecule is CCC(C)C1CCC(CC)C1CC. The van der Waals surface area contributed by atoms with Crippen LogP contribution in [0.2, 0.25) is 0 Å². The molecule has 4 atom stereocenters. The van der Waals surface area contributed by atoms with E-state index < -0.39 is 0 Å². The van der Waals surface area contributed by atoms with Crippen molar-refractivity contribution in [3.63, 3.8) is 0 Å². The van der Waals surface area contributed by atoms with Gasteiger partial charge in [0.1, 0.15) is 0 Å². The van der Waals surface area contributed by atoms with Gasteiger partial charge in [-0.15, -0.1) is 0 Å². The Hall–Kier alpha value is 0. The van der Waals surface area contributed by atoms with Crippen LogP contribution in [0.1, 0.15) is 59.8 Å². The van der Waals surface area contributed by atoms with E-state index in [2.05, 4.69) is 27.7 Å². The fourth-order valence-corrected chi connectivity index (χ4v) is 3.34.